The van der Waals surface area contributed by atoms with Crippen LogP contribution in [-0.2, 0) is 29.1 Å². The molecule has 0 unspecified atom stereocenters. The van der Waals surface area contributed by atoms with Crippen molar-refractivity contribution in [3.8, 4) is 0 Å². The second kappa shape index (κ2) is 36.1. The van der Waals surface area contributed by atoms with Crippen LogP contribution >= 0.6 is 0 Å². The molecule has 0 fully saturated rings. The third-order valence-corrected chi connectivity index (χ3v) is 1.05. The van der Waals surface area contributed by atoms with Crippen LogP contribution in [0.2, 0.25) is 0 Å². The fourth-order valence-electron chi connectivity index (χ4n) is 0.579. The summed E-state index contributed by atoms with van der Waals surface area (Å²) in [4.78, 5) is 18.8. The van der Waals surface area contributed by atoms with Gasteiger partial charge in [0, 0.05) is 6.42 Å². The first-order valence-corrected chi connectivity index (χ1v) is 5.07. The Morgan fingerprint density at radius 1 is 1.12 bits per heavy atom. The molecule has 4 heteroatoms. The van der Waals surface area contributed by atoms with E-state index in [9.17, 15) is 0 Å². The molecule has 0 radical (unpaired) electrons. The Balaban J connectivity index is -0.0000000457. The van der Waals surface area contributed by atoms with Gasteiger partial charge in [0.05, 0.1) is 0 Å². The first-order valence-electron chi connectivity index (χ1n) is 5.07. The minimum absolute atomic E-state index is 0. The maximum absolute atomic E-state index is 7.75. The second-order valence-electron chi connectivity index (χ2n) is 3.92. The van der Waals surface area contributed by atoms with Crippen LogP contribution < -0.4 is 0 Å². The summed E-state index contributed by atoms with van der Waals surface area (Å²) in [5.74, 6) is 2.18. The summed E-state index contributed by atoms with van der Waals surface area (Å²) in [6, 6.07) is 0. The first-order chi connectivity index (χ1) is 7.50. The Bertz CT molecular complexity index is 140. The SMILES string of the molecule is C[C-](C)C.[C-]#[N+]CCCC(C)C.[CH-]=O.[CH-]=O.[Ru+4]. The number of hydrogen-bond acceptors (Lipinski definition) is 2. The molecule has 0 aromatic carbocycles. The van der Waals surface area contributed by atoms with Gasteiger partial charge in [0.2, 0.25) is 6.54 Å². The van der Waals surface area contributed by atoms with Gasteiger partial charge in [-0.15, -0.1) is 0 Å². The predicted molar refractivity (Wildman–Crippen MR) is 69.3 cm³/mol. The number of carbonyl (C=O) groups excluding carboxylic acids is 2. The zero-order valence-corrected chi connectivity index (χ0v) is 13.2. The summed E-state index contributed by atoms with van der Waals surface area (Å²) in [7, 11) is 0. The quantitative estimate of drug-likeness (QED) is 0.345. The van der Waals surface area contributed by atoms with Crippen molar-refractivity contribution < 1.29 is 29.1 Å². The van der Waals surface area contributed by atoms with Gasteiger partial charge in [0.15, 0.2) is 0 Å². The van der Waals surface area contributed by atoms with E-state index in [-0.39, 0.29) is 19.5 Å². The molecule has 0 spiro atoms. The normalized spacial score (nSPS) is 6.94. The Labute approximate surface area is 120 Å². The largest absolute Gasteiger partial charge is 4.00 e. The molecule has 17 heavy (non-hydrogen) atoms. The molecule has 0 aliphatic heterocycles. The van der Waals surface area contributed by atoms with Gasteiger partial charge in [-0.1, -0.05) is 13.8 Å². The van der Waals surface area contributed by atoms with Crippen LogP contribution in [0.15, 0.2) is 0 Å². The van der Waals surface area contributed by atoms with Crippen LogP contribution in [0.25, 0.3) is 4.85 Å². The summed E-state index contributed by atoms with van der Waals surface area (Å²) in [6.07, 6.45) is 2.27. The van der Waals surface area contributed by atoms with E-state index in [0.29, 0.717) is 6.54 Å². The fraction of sp³-hybridized carbons (Fsp3) is 0.692. The molecule has 0 aliphatic rings. The fourth-order valence-corrected chi connectivity index (χ4v) is 0.579. The molecule has 3 nitrogen and oxygen atoms in total. The number of rotatable bonds is 3. The maximum Gasteiger partial charge on any atom is 4.00 e. The van der Waals surface area contributed by atoms with Crippen LogP contribution in [0.5, 0.6) is 0 Å². The van der Waals surface area contributed by atoms with E-state index >= 15 is 0 Å². The molecule has 100 valence electrons. The molecule has 0 aromatic heterocycles. The Hall–Kier alpha value is -0.547. The Kier molecular flexibility index (Phi) is 63.6. The van der Waals surface area contributed by atoms with Gasteiger partial charge in [-0.2, -0.15) is 20.8 Å². The third kappa shape index (κ3) is 141. The van der Waals surface area contributed by atoms with Gasteiger partial charge in [0.1, 0.15) is 0 Å². The molecule has 0 heterocycles. The van der Waals surface area contributed by atoms with Crippen LogP contribution in [0.4, 0.5) is 0 Å². The maximum atomic E-state index is 7.75. The number of nitrogens with zero attached hydrogens (tertiary/aromatic N) is 1. The van der Waals surface area contributed by atoms with Crippen molar-refractivity contribution in [3.05, 3.63) is 17.3 Å². The van der Waals surface area contributed by atoms with Crippen molar-refractivity contribution in [2.75, 3.05) is 6.54 Å². The molecule has 0 saturated carbocycles. The van der Waals surface area contributed by atoms with Crippen LogP contribution in [0.1, 0.15) is 47.5 Å². The van der Waals surface area contributed by atoms with Crippen molar-refractivity contribution in [3.63, 3.8) is 0 Å². The molecule has 0 amide bonds. The zero-order valence-electron chi connectivity index (χ0n) is 11.5. The van der Waals surface area contributed by atoms with E-state index in [1.807, 2.05) is 0 Å². The molecule has 0 bridgehead atoms. The smallest absolute Gasteiger partial charge is 0.545 e. The Morgan fingerprint density at radius 3 is 1.59 bits per heavy atom. The van der Waals surface area contributed by atoms with Crippen molar-refractivity contribution in [2.24, 2.45) is 5.92 Å². The third-order valence-electron chi connectivity index (χ3n) is 1.05. The molecule has 0 atom stereocenters. The zero-order chi connectivity index (χ0) is 14.0. The molecular formula is C13H24NO2Ru+. The van der Waals surface area contributed by atoms with Crippen molar-refractivity contribution in [1.82, 2.24) is 0 Å². The van der Waals surface area contributed by atoms with E-state index in [2.05, 4.69) is 53.0 Å². The first kappa shape index (κ1) is 30.0. The van der Waals surface area contributed by atoms with Gasteiger partial charge in [0.25, 0.3) is 0 Å². The standard InChI is InChI=1S/C7H13N.C4H9.2CHO.Ru/c1-7(2)5-4-6-8-3;1-4(2)3;2*1-2;/h7H,4-6H2,1-2H3;1-3H3;2*1H;/q;3*-1;+4. The summed E-state index contributed by atoms with van der Waals surface area (Å²) >= 11 is 0. The minimum Gasteiger partial charge on any atom is -0.545 e. The topological polar surface area (TPSA) is 38.5 Å². The van der Waals surface area contributed by atoms with Gasteiger partial charge >= 0.3 is 19.5 Å². The number of hydrogen-bond donors (Lipinski definition) is 0. The van der Waals surface area contributed by atoms with E-state index < -0.39 is 0 Å². The van der Waals surface area contributed by atoms with E-state index in [0.717, 1.165) is 12.3 Å². The molecule has 0 rings (SSSR count). The summed E-state index contributed by atoms with van der Waals surface area (Å²) < 4.78 is 0. The van der Waals surface area contributed by atoms with E-state index in [1.54, 1.807) is 0 Å². The molecular weight excluding hydrogens is 303 g/mol. The second-order valence-corrected chi connectivity index (χ2v) is 3.92. The molecule has 0 saturated heterocycles. The van der Waals surface area contributed by atoms with Gasteiger partial charge in [-0.05, 0) is 12.3 Å². The predicted octanol–water partition coefficient (Wildman–Crippen LogP) is 3.41. The van der Waals surface area contributed by atoms with Crippen LogP contribution in [0, 0.1) is 18.4 Å². The van der Waals surface area contributed by atoms with Gasteiger partial charge in [-0.25, -0.2) is 6.57 Å². The summed E-state index contributed by atoms with van der Waals surface area (Å²) in [5, 5.41) is 0. The molecule has 0 aliphatic carbocycles. The van der Waals surface area contributed by atoms with Crippen molar-refractivity contribution in [2.45, 2.75) is 47.5 Å². The van der Waals surface area contributed by atoms with Crippen molar-refractivity contribution in [1.29, 1.82) is 0 Å². The van der Waals surface area contributed by atoms with E-state index in [4.69, 9.17) is 16.2 Å². The van der Waals surface area contributed by atoms with E-state index in [1.165, 1.54) is 12.3 Å². The van der Waals surface area contributed by atoms with Crippen LogP contribution in [-0.4, -0.2) is 20.1 Å². The summed E-state index contributed by atoms with van der Waals surface area (Å²) in [5.41, 5.74) is 0. The summed E-state index contributed by atoms with van der Waals surface area (Å²) in [6.45, 7) is 24.3. The average molecular weight is 327 g/mol. The molecule has 0 aromatic rings. The monoisotopic (exact) mass is 328 g/mol. The Morgan fingerprint density at radius 2 is 1.41 bits per heavy atom. The van der Waals surface area contributed by atoms with Gasteiger partial charge < -0.3 is 20.4 Å². The molecule has 0 N–H and O–H groups in total. The van der Waals surface area contributed by atoms with Crippen molar-refractivity contribution >= 4 is 13.6 Å². The van der Waals surface area contributed by atoms with Crippen LogP contribution in [0.3, 0.4) is 0 Å². The minimum atomic E-state index is 0. The van der Waals surface area contributed by atoms with Gasteiger partial charge in [-0.3, -0.25) is 13.6 Å². The average Bonchev–Trinajstić information content (AvgIpc) is 2.23.